The van der Waals surface area contributed by atoms with Crippen molar-refractivity contribution in [3.63, 3.8) is 0 Å². The third kappa shape index (κ3) is 6.18. The van der Waals surface area contributed by atoms with Crippen molar-refractivity contribution in [2.45, 2.75) is 38.9 Å². The Balaban J connectivity index is 1.39. The fraction of sp³-hybridized carbons (Fsp3) is 0.650. The second kappa shape index (κ2) is 9.48. The zero-order chi connectivity index (χ0) is 18.5. The van der Waals surface area contributed by atoms with Crippen molar-refractivity contribution >= 4 is 34.2 Å². The minimum Gasteiger partial charge on any atom is -0.373 e. The van der Waals surface area contributed by atoms with E-state index >= 15 is 0 Å². The van der Waals surface area contributed by atoms with Crippen LogP contribution in [0.1, 0.15) is 26.7 Å². The van der Waals surface area contributed by atoms with E-state index in [1.54, 1.807) is 0 Å². The largest absolute Gasteiger partial charge is 0.373 e. The van der Waals surface area contributed by atoms with Gasteiger partial charge in [-0.15, -0.1) is 0 Å². The van der Waals surface area contributed by atoms with Crippen LogP contribution in [0.2, 0.25) is 0 Å². The normalized spacial score (nSPS) is 26.0. The number of halogens is 1. The highest BCUT2D eigenvalue weighted by atomic mass is 127. The lowest BCUT2D eigenvalue weighted by molar-refractivity contribution is -0.117. The molecule has 1 aromatic carbocycles. The van der Waals surface area contributed by atoms with E-state index < -0.39 is 0 Å². The van der Waals surface area contributed by atoms with E-state index in [1.165, 1.54) is 19.4 Å². The van der Waals surface area contributed by atoms with Gasteiger partial charge >= 0.3 is 0 Å². The molecule has 5 nitrogen and oxygen atoms in total. The van der Waals surface area contributed by atoms with Gasteiger partial charge in [-0.1, -0.05) is 6.07 Å². The molecule has 1 amide bonds. The Bertz CT molecular complexity index is 594. The van der Waals surface area contributed by atoms with Crippen molar-refractivity contribution in [3.8, 4) is 0 Å². The molecule has 1 aromatic rings. The van der Waals surface area contributed by atoms with Crippen molar-refractivity contribution in [1.82, 2.24) is 9.80 Å². The molecule has 2 atom stereocenters. The Hall–Kier alpha value is -0.700. The second-order valence-electron chi connectivity index (χ2n) is 7.75. The Morgan fingerprint density at radius 1 is 1.19 bits per heavy atom. The number of rotatable bonds is 5. The van der Waals surface area contributed by atoms with E-state index in [0.29, 0.717) is 18.8 Å². The average Bonchev–Trinajstić information content (AvgIpc) is 2.55. The number of anilines is 1. The van der Waals surface area contributed by atoms with Crippen LogP contribution in [0.5, 0.6) is 0 Å². The van der Waals surface area contributed by atoms with Gasteiger partial charge in [-0.3, -0.25) is 14.6 Å². The van der Waals surface area contributed by atoms with Crippen LogP contribution >= 0.6 is 22.6 Å². The van der Waals surface area contributed by atoms with Crippen LogP contribution in [-0.2, 0) is 9.53 Å². The van der Waals surface area contributed by atoms with Gasteiger partial charge in [0.15, 0.2) is 0 Å². The predicted octanol–water partition coefficient (Wildman–Crippen LogP) is 3.05. The monoisotopic (exact) mass is 471 g/mol. The van der Waals surface area contributed by atoms with Crippen molar-refractivity contribution in [2.24, 2.45) is 5.92 Å². The number of carbonyl (C=O) groups excluding carboxylic acids is 1. The topological polar surface area (TPSA) is 44.8 Å². The average molecular weight is 471 g/mol. The number of nitrogens with one attached hydrogen (secondary N) is 1. The lowest BCUT2D eigenvalue weighted by atomic mass is 9.95. The van der Waals surface area contributed by atoms with Crippen LogP contribution < -0.4 is 5.32 Å². The highest BCUT2D eigenvalue weighted by Gasteiger charge is 2.27. The van der Waals surface area contributed by atoms with Crippen molar-refractivity contribution in [1.29, 1.82) is 0 Å². The highest BCUT2D eigenvalue weighted by molar-refractivity contribution is 14.1. The number of amides is 1. The standard InChI is InChI=1S/C20H30IN3O2/c1-15-11-24(12-16(2)26-15)13-17-6-8-23(9-7-17)14-20(25)22-19-5-3-4-18(21)10-19/h3-5,10,15-17H,6-9,11-14H2,1-2H3,(H,22,25). The van der Waals surface area contributed by atoms with Crippen LogP contribution in [0.4, 0.5) is 5.69 Å². The molecule has 0 spiro atoms. The van der Waals surface area contributed by atoms with Gasteiger partial charge in [0.2, 0.25) is 5.91 Å². The summed E-state index contributed by atoms with van der Waals surface area (Å²) in [5.41, 5.74) is 0.882. The zero-order valence-electron chi connectivity index (χ0n) is 15.8. The molecule has 6 heteroatoms. The number of hydrogen-bond acceptors (Lipinski definition) is 4. The second-order valence-corrected chi connectivity index (χ2v) is 9.00. The first-order valence-electron chi connectivity index (χ1n) is 9.63. The van der Waals surface area contributed by atoms with Crippen LogP contribution in [0.15, 0.2) is 24.3 Å². The number of hydrogen-bond donors (Lipinski definition) is 1. The Labute approximate surface area is 170 Å². The molecule has 0 aliphatic carbocycles. The molecule has 0 bridgehead atoms. The first kappa shape index (κ1) is 20.0. The predicted molar refractivity (Wildman–Crippen MR) is 113 cm³/mol. The van der Waals surface area contributed by atoms with Crippen molar-refractivity contribution in [3.05, 3.63) is 27.8 Å². The molecule has 26 heavy (non-hydrogen) atoms. The summed E-state index contributed by atoms with van der Waals surface area (Å²) in [7, 11) is 0. The molecule has 1 N–H and O–H groups in total. The fourth-order valence-electron chi connectivity index (χ4n) is 4.10. The summed E-state index contributed by atoms with van der Waals surface area (Å²) in [4.78, 5) is 17.1. The number of piperidine rings is 1. The molecule has 0 radical (unpaired) electrons. The summed E-state index contributed by atoms with van der Waals surface area (Å²) >= 11 is 2.26. The van der Waals surface area contributed by atoms with E-state index in [-0.39, 0.29) is 5.91 Å². The molecule has 2 saturated heterocycles. The van der Waals surface area contributed by atoms with Crippen molar-refractivity contribution < 1.29 is 9.53 Å². The molecular formula is C20H30IN3O2. The highest BCUT2D eigenvalue weighted by Crippen LogP contribution is 2.21. The minimum absolute atomic E-state index is 0.0845. The number of morpholine rings is 1. The van der Waals surface area contributed by atoms with E-state index in [1.807, 2.05) is 24.3 Å². The maximum absolute atomic E-state index is 12.3. The molecule has 144 valence electrons. The lowest BCUT2D eigenvalue weighted by Crippen LogP contribution is -2.48. The van der Waals surface area contributed by atoms with E-state index in [9.17, 15) is 4.79 Å². The van der Waals surface area contributed by atoms with Crippen molar-refractivity contribution in [2.75, 3.05) is 44.6 Å². The molecular weight excluding hydrogens is 441 g/mol. The first-order chi connectivity index (χ1) is 12.5. The van der Waals surface area contributed by atoms with E-state index in [4.69, 9.17) is 4.74 Å². The molecule has 0 saturated carbocycles. The molecule has 2 heterocycles. The number of benzene rings is 1. The van der Waals surface area contributed by atoms with Gasteiger partial charge in [-0.25, -0.2) is 0 Å². The summed E-state index contributed by atoms with van der Waals surface area (Å²) < 4.78 is 6.96. The number of ether oxygens (including phenoxy) is 1. The summed E-state index contributed by atoms with van der Waals surface area (Å²) in [5, 5.41) is 3.01. The Kier molecular flexibility index (Phi) is 7.31. The van der Waals surface area contributed by atoms with Gasteiger partial charge in [-0.2, -0.15) is 0 Å². The number of carbonyl (C=O) groups is 1. The van der Waals surface area contributed by atoms with Crippen LogP contribution in [0.25, 0.3) is 0 Å². The molecule has 2 fully saturated rings. The van der Waals surface area contributed by atoms with Gasteiger partial charge in [0.05, 0.1) is 18.8 Å². The smallest absolute Gasteiger partial charge is 0.238 e. The fourth-order valence-corrected chi connectivity index (χ4v) is 4.64. The quantitative estimate of drug-likeness (QED) is 0.671. The van der Waals surface area contributed by atoms with Gasteiger partial charge in [0.25, 0.3) is 0 Å². The van der Waals surface area contributed by atoms with Gasteiger partial charge in [0.1, 0.15) is 0 Å². The van der Waals surface area contributed by atoms with E-state index in [0.717, 1.165) is 41.4 Å². The van der Waals surface area contributed by atoms with Crippen LogP contribution in [-0.4, -0.2) is 67.2 Å². The zero-order valence-corrected chi connectivity index (χ0v) is 17.9. The Morgan fingerprint density at radius 2 is 1.88 bits per heavy atom. The van der Waals surface area contributed by atoms with E-state index in [2.05, 4.69) is 51.6 Å². The Morgan fingerprint density at radius 3 is 2.54 bits per heavy atom. The third-order valence-electron chi connectivity index (χ3n) is 5.19. The number of nitrogens with zero attached hydrogens (tertiary/aromatic N) is 2. The molecule has 2 aliphatic rings. The molecule has 0 aromatic heterocycles. The summed E-state index contributed by atoms with van der Waals surface area (Å²) in [5.74, 6) is 0.823. The van der Waals surface area contributed by atoms with Gasteiger partial charge in [0, 0.05) is 28.9 Å². The summed E-state index contributed by atoms with van der Waals surface area (Å²) in [6.45, 7) is 10.1. The van der Waals surface area contributed by atoms with Gasteiger partial charge < -0.3 is 10.1 Å². The third-order valence-corrected chi connectivity index (χ3v) is 5.87. The lowest BCUT2D eigenvalue weighted by Gasteiger charge is -2.39. The minimum atomic E-state index is 0.0845. The SMILES string of the molecule is CC1CN(CC2CCN(CC(=O)Nc3cccc(I)c3)CC2)CC(C)O1. The first-order valence-corrected chi connectivity index (χ1v) is 10.7. The van der Waals surface area contributed by atoms with Gasteiger partial charge in [-0.05, 0) is 86.5 Å². The maximum atomic E-state index is 12.3. The maximum Gasteiger partial charge on any atom is 0.238 e. The van der Waals surface area contributed by atoms with Crippen LogP contribution in [0.3, 0.4) is 0 Å². The number of likely N-dealkylation sites (tertiary alicyclic amines) is 1. The molecule has 2 aliphatic heterocycles. The van der Waals surface area contributed by atoms with Crippen LogP contribution in [0, 0.1) is 9.49 Å². The molecule has 2 unspecified atom stereocenters. The summed E-state index contributed by atoms with van der Waals surface area (Å²) in [6, 6.07) is 7.93. The molecule has 3 rings (SSSR count). The summed E-state index contributed by atoms with van der Waals surface area (Å²) in [6.07, 6.45) is 3.03.